The van der Waals surface area contributed by atoms with Gasteiger partial charge >= 0.3 is 0 Å². The summed E-state index contributed by atoms with van der Waals surface area (Å²) in [6, 6.07) is 4.84. The van der Waals surface area contributed by atoms with Gasteiger partial charge in [0.05, 0.1) is 11.6 Å². The minimum Gasteiger partial charge on any atom is -0.300 e. The van der Waals surface area contributed by atoms with Gasteiger partial charge in [-0.05, 0) is 31.5 Å². The molecule has 1 aromatic carbocycles. The topological polar surface area (TPSA) is 12.0 Å². The van der Waals surface area contributed by atoms with E-state index >= 15 is 0 Å². The van der Waals surface area contributed by atoms with Crippen molar-refractivity contribution in [2.24, 2.45) is 0 Å². The Hall–Kier alpha value is -1.04. The van der Waals surface area contributed by atoms with Crippen LogP contribution in [0.25, 0.3) is 0 Å². The molecule has 0 aliphatic carbocycles. The Kier molecular flexibility index (Phi) is 4.61. The fraction of sp³-hybridized carbons (Fsp3) is 0.333. The Labute approximate surface area is 94.6 Å². The number of halogens is 2. The number of benzene rings is 1. The average molecular weight is 226 g/mol. The lowest BCUT2D eigenvalue weighted by atomic mass is 10.1. The van der Waals surface area contributed by atoms with Crippen molar-refractivity contribution in [1.82, 2.24) is 5.32 Å². The van der Waals surface area contributed by atoms with Crippen molar-refractivity contribution in [3.63, 3.8) is 0 Å². The van der Waals surface area contributed by atoms with Crippen LogP contribution in [-0.2, 0) is 0 Å². The van der Waals surface area contributed by atoms with Gasteiger partial charge in [-0.1, -0.05) is 23.6 Å². The quantitative estimate of drug-likeness (QED) is 0.780. The van der Waals surface area contributed by atoms with Gasteiger partial charge in [0, 0.05) is 6.04 Å². The first-order valence-corrected chi connectivity index (χ1v) is 5.11. The molecular weight excluding hydrogens is 213 g/mol. The van der Waals surface area contributed by atoms with E-state index in [2.05, 4.69) is 17.2 Å². The molecule has 0 radical (unpaired) electrons. The molecule has 1 N–H and O–H groups in total. The number of hydrogen-bond acceptors (Lipinski definition) is 1. The average Bonchev–Trinajstić information content (AvgIpc) is 2.22. The molecule has 1 aromatic rings. The smallest absolute Gasteiger partial charge is 0.141 e. The fourth-order valence-corrected chi connectivity index (χ4v) is 1.38. The highest BCUT2D eigenvalue weighted by molar-refractivity contribution is 6.30. The summed E-state index contributed by atoms with van der Waals surface area (Å²) in [7, 11) is 0. The molecule has 0 spiro atoms. The second-order valence-electron chi connectivity index (χ2n) is 3.20. The van der Waals surface area contributed by atoms with Gasteiger partial charge in [-0.3, -0.25) is 5.32 Å². The van der Waals surface area contributed by atoms with E-state index in [1.165, 1.54) is 6.07 Å². The normalized spacial score (nSPS) is 11.7. The second kappa shape index (κ2) is 5.75. The maximum Gasteiger partial charge on any atom is 0.141 e. The maximum atomic E-state index is 12.9. The molecule has 0 saturated heterocycles. The molecule has 0 aliphatic rings. The van der Waals surface area contributed by atoms with Gasteiger partial charge in [0.1, 0.15) is 5.82 Å². The number of rotatable bonds is 3. The third kappa shape index (κ3) is 3.54. The standard InChI is InChI=1S/C12H13ClFN/c1-3-4-7-15-9(2)10-5-6-12(14)11(13)8-10/h5-6,8-9,15H,7H2,1-2H3. The summed E-state index contributed by atoms with van der Waals surface area (Å²) in [5.74, 6) is 5.32. The van der Waals surface area contributed by atoms with E-state index in [-0.39, 0.29) is 16.9 Å². The van der Waals surface area contributed by atoms with Crippen LogP contribution in [0.4, 0.5) is 4.39 Å². The molecule has 0 saturated carbocycles. The van der Waals surface area contributed by atoms with Crippen LogP contribution in [0, 0.1) is 17.7 Å². The van der Waals surface area contributed by atoms with E-state index < -0.39 is 0 Å². The van der Waals surface area contributed by atoms with E-state index in [0.717, 1.165) is 5.56 Å². The Morgan fingerprint density at radius 3 is 2.87 bits per heavy atom. The van der Waals surface area contributed by atoms with Gasteiger partial charge in [0.2, 0.25) is 0 Å². The van der Waals surface area contributed by atoms with E-state index in [4.69, 9.17) is 11.6 Å². The predicted octanol–water partition coefficient (Wildman–Crippen LogP) is 3.15. The van der Waals surface area contributed by atoms with E-state index in [1.54, 1.807) is 19.1 Å². The highest BCUT2D eigenvalue weighted by atomic mass is 35.5. The van der Waals surface area contributed by atoms with Gasteiger partial charge < -0.3 is 0 Å². The first kappa shape index (κ1) is 12.0. The number of hydrogen-bond donors (Lipinski definition) is 1. The van der Waals surface area contributed by atoms with E-state index in [9.17, 15) is 4.39 Å². The summed E-state index contributed by atoms with van der Waals surface area (Å²) in [5, 5.41) is 3.35. The second-order valence-corrected chi connectivity index (χ2v) is 3.61. The highest BCUT2D eigenvalue weighted by Gasteiger charge is 2.06. The lowest BCUT2D eigenvalue weighted by Crippen LogP contribution is -2.18. The van der Waals surface area contributed by atoms with Gasteiger partial charge in [-0.15, -0.1) is 5.92 Å². The van der Waals surface area contributed by atoms with Crippen LogP contribution < -0.4 is 5.32 Å². The summed E-state index contributed by atoms with van der Waals surface area (Å²) in [5.41, 5.74) is 0.958. The van der Waals surface area contributed by atoms with E-state index in [1.807, 2.05) is 6.92 Å². The molecule has 0 heterocycles. The van der Waals surface area contributed by atoms with Crippen molar-refractivity contribution >= 4 is 11.6 Å². The first-order valence-electron chi connectivity index (χ1n) is 4.73. The summed E-state index contributed by atoms with van der Waals surface area (Å²) >= 11 is 5.69. The molecule has 0 aliphatic heterocycles. The Bertz CT molecular complexity index is 392. The zero-order valence-corrected chi connectivity index (χ0v) is 9.53. The van der Waals surface area contributed by atoms with Crippen LogP contribution in [-0.4, -0.2) is 6.54 Å². The van der Waals surface area contributed by atoms with Crippen LogP contribution in [0.3, 0.4) is 0 Å². The molecule has 3 heteroatoms. The van der Waals surface area contributed by atoms with Crippen molar-refractivity contribution in [3.8, 4) is 11.8 Å². The SMILES string of the molecule is CC#CCNC(C)c1ccc(F)c(Cl)c1. The Balaban J connectivity index is 2.68. The Morgan fingerprint density at radius 1 is 1.53 bits per heavy atom. The van der Waals surface area contributed by atoms with Crippen molar-refractivity contribution in [1.29, 1.82) is 0 Å². The lowest BCUT2D eigenvalue weighted by Gasteiger charge is -2.12. The van der Waals surface area contributed by atoms with Crippen molar-refractivity contribution in [2.45, 2.75) is 19.9 Å². The van der Waals surface area contributed by atoms with Crippen LogP contribution >= 0.6 is 11.6 Å². The van der Waals surface area contributed by atoms with Crippen LogP contribution in [0.2, 0.25) is 5.02 Å². The van der Waals surface area contributed by atoms with Crippen LogP contribution in [0.5, 0.6) is 0 Å². The highest BCUT2D eigenvalue weighted by Crippen LogP contribution is 2.20. The van der Waals surface area contributed by atoms with Crippen LogP contribution in [0.1, 0.15) is 25.5 Å². The molecule has 0 bridgehead atoms. The first-order chi connectivity index (χ1) is 7.15. The van der Waals surface area contributed by atoms with Crippen molar-refractivity contribution in [2.75, 3.05) is 6.54 Å². The number of nitrogens with one attached hydrogen (secondary N) is 1. The molecule has 15 heavy (non-hydrogen) atoms. The third-order valence-electron chi connectivity index (χ3n) is 2.12. The summed E-state index contributed by atoms with van der Waals surface area (Å²) < 4.78 is 12.9. The zero-order chi connectivity index (χ0) is 11.3. The molecule has 0 amide bonds. The summed E-state index contributed by atoms with van der Waals surface area (Å²) in [6.07, 6.45) is 0. The van der Waals surface area contributed by atoms with Gasteiger partial charge in [-0.2, -0.15) is 0 Å². The van der Waals surface area contributed by atoms with Gasteiger partial charge in [0.25, 0.3) is 0 Å². The minimum absolute atomic E-state index is 0.115. The van der Waals surface area contributed by atoms with E-state index in [0.29, 0.717) is 6.54 Å². The molecule has 1 nitrogen and oxygen atoms in total. The molecule has 1 atom stereocenters. The molecule has 0 aromatic heterocycles. The molecule has 1 rings (SSSR count). The predicted molar refractivity (Wildman–Crippen MR) is 61.3 cm³/mol. The fourth-order valence-electron chi connectivity index (χ4n) is 1.19. The van der Waals surface area contributed by atoms with Crippen LogP contribution in [0.15, 0.2) is 18.2 Å². The Morgan fingerprint density at radius 2 is 2.27 bits per heavy atom. The van der Waals surface area contributed by atoms with Gasteiger partial charge in [0.15, 0.2) is 0 Å². The maximum absolute atomic E-state index is 12.9. The van der Waals surface area contributed by atoms with Crippen molar-refractivity contribution < 1.29 is 4.39 Å². The largest absolute Gasteiger partial charge is 0.300 e. The van der Waals surface area contributed by atoms with Gasteiger partial charge in [-0.25, -0.2) is 4.39 Å². The molecule has 1 unspecified atom stereocenters. The summed E-state index contributed by atoms with van der Waals surface area (Å²) in [6.45, 7) is 4.40. The molecule has 0 fully saturated rings. The molecule has 80 valence electrons. The minimum atomic E-state index is -0.388. The van der Waals surface area contributed by atoms with Crippen molar-refractivity contribution in [3.05, 3.63) is 34.6 Å². The monoisotopic (exact) mass is 225 g/mol. The lowest BCUT2D eigenvalue weighted by molar-refractivity contribution is 0.609. The molecular formula is C12H13ClFN. The zero-order valence-electron chi connectivity index (χ0n) is 8.77. The summed E-state index contributed by atoms with van der Waals surface area (Å²) in [4.78, 5) is 0. The third-order valence-corrected chi connectivity index (χ3v) is 2.41.